The summed E-state index contributed by atoms with van der Waals surface area (Å²) in [4.78, 5) is 18.2. The maximum atomic E-state index is 12.4. The summed E-state index contributed by atoms with van der Waals surface area (Å²) in [5.41, 5.74) is 2.69. The number of nitrogens with one attached hydrogen (secondary N) is 1. The standard InChI is InChI=1S/C21H29N5O2/c1-24(2)20(27)26-11-9-21(28)8-10-25(14-18(21)15-26)13-17-12-22-23-19(17)16-6-4-3-5-7-16/h3-7,12,18,28H,8-11,13-15H2,1-2H3,(H,22,23)/t18-,21-/m1/s1. The van der Waals surface area contributed by atoms with E-state index in [9.17, 15) is 9.90 Å². The summed E-state index contributed by atoms with van der Waals surface area (Å²) in [6.45, 7) is 3.67. The number of benzene rings is 1. The zero-order valence-electron chi connectivity index (χ0n) is 16.6. The summed E-state index contributed by atoms with van der Waals surface area (Å²) in [5, 5.41) is 18.5. The maximum absolute atomic E-state index is 12.4. The third-order valence-electron chi connectivity index (χ3n) is 6.18. The van der Waals surface area contributed by atoms with Gasteiger partial charge in [-0.05, 0) is 18.4 Å². The molecular weight excluding hydrogens is 354 g/mol. The maximum Gasteiger partial charge on any atom is 0.319 e. The van der Waals surface area contributed by atoms with Crippen molar-refractivity contribution in [3.63, 3.8) is 0 Å². The van der Waals surface area contributed by atoms with Gasteiger partial charge in [-0.1, -0.05) is 30.3 Å². The van der Waals surface area contributed by atoms with Crippen LogP contribution in [0.15, 0.2) is 36.5 Å². The first kappa shape index (κ1) is 19.0. The Morgan fingerprint density at radius 3 is 2.75 bits per heavy atom. The molecule has 2 aliphatic rings. The molecule has 0 spiro atoms. The summed E-state index contributed by atoms with van der Waals surface area (Å²) in [5.74, 6) is 0.0750. The van der Waals surface area contributed by atoms with Gasteiger partial charge in [0, 0.05) is 58.3 Å². The zero-order valence-corrected chi connectivity index (χ0v) is 16.6. The van der Waals surface area contributed by atoms with Crippen molar-refractivity contribution in [2.24, 2.45) is 5.92 Å². The third-order valence-corrected chi connectivity index (χ3v) is 6.18. The van der Waals surface area contributed by atoms with Crippen molar-refractivity contribution in [1.29, 1.82) is 0 Å². The minimum atomic E-state index is -0.655. The Labute approximate surface area is 165 Å². The molecule has 2 aromatic rings. The number of hydrogen-bond donors (Lipinski definition) is 2. The summed E-state index contributed by atoms with van der Waals surface area (Å²) >= 11 is 0. The Bertz CT molecular complexity index is 821. The van der Waals surface area contributed by atoms with Gasteiger partial charge in [-0.3, -0.25) is 10.00 Å². The number of rotatable bonds is 3. The van der Waals surface area contributed by atoms with E-state index in [0.717, 1.165) is 42.9 Å². The first-order valence-corrected chi connectivity index (χ1v) is 9.95. The molecule has 0 saturated carbocycles. The molecule has 4 rings (SSSR count). The fourth-order valence-corrected chi connectivity index (χ4v) is 4.50. The predicted octanol–water partition coefficient (Wildman–Crippen LogP) is 2.02. The molecule has 2 atom stereocenters. The lowest BCUT2D eigenvalue weighted by Gasteiger charge is -2.50. The first-order valence-electron chi connectivity index (χ1n) is 9.95. The van der Waals surface area contributed by atoms with E-state index in [1.165, 1.54) is 0 Å². The second kappa shape index (κ2) is 7.56. The van der Waals surface area contributed by atoms with Gasteiger partial charge >= 0.3 is 6.03 Å². The highest BCUT2D eigenvalue weighted by Gasteiger charge is 2.46. The SMILES string of the molecule is CN(C)C(=O)N1CC[C@]2(O)CCN(Cc3cn[nH]c3-c3ccccc3)C[C@@H]2C1. The van der Waals surface area contributed by atoms with Crippen LogP contribution in [0.25, 0.3) is 11.3 Å². The van der Waals surface area contributed by atoms with E-state index in [1.54, 1.807) is 19.0 Å². The summed E-state index contributed by atoms with van der Waals surface area (Å²) in [6.07, 6.45) is 3.30. The number of likely N-dealkylation sites (tertiary alicyclic amines) is 2. The van der Waals surface area contributed by atoms with Gasteiger partial charge in [0.05, 0.1) is 17.5 Å². The largest absolute Gasteiger partial charge is 0.389 e. The summed E-state index contributed by atoms with van der Waals surface area (Å²) in [6, 6.07) is 10.3. The Balaban J connectivity index is 1.46. The average molecular weight is 383 g/mol. The number of piperidine rings is 2. The molecule has 0 aliphatic carbocycles. The van der Waals surface area contributed by atoms with E-state index >= 15 is 0 Å². The molecule has 0 bridgehead atoms. The molecular formula is C21H29N5O2. The van der Waals surface area contributed by atoms with Crippen molar-refractivity contribution in [3.8, 4) is 11.3 Å². The monoisotopic (exact) mass is 383 g/mol. The number of hydrogen-bond acceptors (Lipinski definition) is 4. The Kier molecular flexibility index (Phi) is 5.12. The normalized spacial score (nSPS) is 25.4. The van der Waals surface area contributed by atoms with Crippen molar-refractivity contribution < 1.29 is 9.90 Å². The van der Waals surface area contributed by atoms with Crippen LogP contribution in [0.5, 0.6) is 0 Å². The van der Waals surface area contributed by atoms with Crippen LogP contribution in [0.3, 0.4) is 0 Å². The van der Waals surface area contributed by atoms with Crippen molar-refractivity contribution in [3.05, 3.63) is 42.1 Å². The van der Waals surface area contributed by atoms with Crippen molar-refractivity contribution >= 4 is 6.03 Å². The number of fused-ring (bicyclic) bond motifs is 1. The zero-order chi connectivity index (χ0) is 19.7. The van der Waals surface area contributed by atoms with Gasteiger partial charge in [0.1, 0.15) is 0 Å². The molecule has 0 radical (unpaired) electrons. The number of carbonyl (C=O) groups is 1. The van der Waals surface area contributed by atoms with Gasteiger partial charge in [0.15, 0.2) is 0 Å². The summed E-state index contributed by atoms with van der Waals surface area (Å²) in [7, 11) is 3.56. The molecule has 1 aromatic heterocycles. The lowest BCUT2D eigenvalue weighted by Crippen LogP contribution is -2.61. The lowest BCUT2D eigenvalue weighted by molar-refractivity contribution is -0.108. The van der Waals surface area contributed by atoms with E-state index in [2.05, 4.69) is 27.2 Å². The number of nitrogens with zero attached hydrogens (tertiary/aromatic N) is 4. The van der Waals surface area contributed by atoms with Gasteiger partial charge in [-0.25, -0.2) is 4.79 Å². The van der Waals surface area contributed by atoms with Crippen molar-refractivity contribution in [1.82, 2.24) is 24.9 Å². The minimum Gasteiger partial charge on any atom is -0.389 e. The molecule has 2 saturated heterocycles. The fraction of sp³-hybridized carbons (Fsp3) is 0.524. The van der Waals surface area contributed by atoms with Gasteiger partial charge in [0.2, 0.25) is 0 Å². The molecule has 3 heterocycles. The average Bonchev–Trinajstić information content (AvgIpc) is 3.16. The van der Waals surface area contributed by atoms with E-state index in [0.29, 0.717) is 19.5 Å². The van der Waals surface area contributed by atoms with Crippen molar-refractivity contribution in [2.75, 3.05) is 40.3 Å². The van der Waals surface area contributed by atoms with Crippen LogP contribution in [-0.4, -0.2) is 81.9 Å². The van der Waals surface area contributed by atoms with E-state index < -0.39 is 5.60 Å². The molecule has 1 aromatic carbocycles. The number of aromatic amines is 1. The topological polar surface area (TPSA) is 75.7 Å². The van der Waals surface area contributed by atoms with Crippen LogP contribution in [0, 0.1) is 5.92 Å². The van der Waals surface area contributed by atoms with Gasteiger partial charge in [-0.15, -0.1) is 0 Å². The Hall–Kier alpha value is -2.38. The number of urea groups is 1. The second-order valence-corrected chi connectivity index (χ2v) is 8.29. The smallest absolute Gasteiger partial charge is 0.319 e. The fourth-order valence-electron chi connectivity index (χ4n) is 4.50. The minimum absolute atomic E-state index is 0.0281. The molecule has 150 valence electrons. The molecule has 2 amide bonds. The molecule has 2 fully saturated rings. The first-order chi connectivity index (χ1) is 13.5. The highest BCUT2D eigenvalue weighted by molar-refractivity contribution is 5.74. The molecule has 2 aliphatic heterocycles. The predicted molar refractivity (Wildman–Crippen MR) is 108 cm³/mol. The quantitative estimate of drug-likeness (QED) is 0.850. The van der Waals surface area contributed by atoms with E-state index in [4.69, 9.17) is 0 Å². The highest BCUT2D eigenvalue weighted by Crippen LogP contribution is 2.36. The number of aliphatic hydroxyl groups is 1. The number of H-pyrrole nitrogens is 1. The van der Waals surface area contributed by atoms with Gasteiger partial charge in [0.25, 0.3) is 0 Å². The molecule has 28 heavy (non-hydrogen) atoms. The Morgan fingerprint density at radius 2 is 2.00 bits per heavy atom. The number of aromatic nitrogens is 2. The Morgan fingerprint density at radius 1 is 1.25 bits per heavy atom. The molecule has 0 unspecified atom stereocenters. The van der Waals surface area contributed by atoms with Gasteiger partial charge in [-0.2, -0.15) is 5.10 Å². The van der Waals surface area contributed by atoms with Crippen LogP contribution in [0.4, 0.5) is 4.79 Å². The third kappa shape index (κ3) is 3.64. The van der Waals surface area contributed by atoms with Crippen molar-refractivity contribution in [2.45, 2.75) is 25.0 Å². The second-order valence-electron chi connectivity index (χ2n) is 8.29. The highest BCUT2D eigenvalue weighted by atomic mass is 16.3. The molecule has 7 heteroatoms. The van der Waals surface area contributed by atoms with E-state index in [1.807, 2.05) is 29.3 Å². The van der Waals surface area contributed by atoms with Crippen LogP contribution < -0.4 is 0 Å². The lowest BCUT2D eigenvalue weighted by atomic mass is 9.75. The van der Waals surface area contributed by atoms with Crippen LogP contribution in [-0.2, 0) is 6.54 Å². The van der Waals surface area contributed by atoms with Crippen LogP contribution in [0.2, 0.25) is 0 Å². The number of amides is 2. The van der Waals surface area contributed by atoms with Gasteiger partial charge < -0.3 is 14.9 Å². The van der Waals surface area contributed by atoms with E-state index in [-0.39, 0.29) is 11.9 Å². The van der Waals surface area contributed by atoms with Crippen LogP contribution >= 0.6 is 0 Å². The number of carbonyl (C=O) groups excluding carboxylic acids is 1. The summed E-state index contributed by atoms with van der Waals surface area (Å²) < 4.78 is 0. The molecule has 7 nitrogen and oxygen atoms in total. The van der Waals surface area contributed by atoms with Crippen LogP contribution in [0.1, 0.15) is 18.4 Å². The molecule has 2 N–H and O–H groups in total.